The molecule has 1 aliphatic carbocycles. The van der Waals surface area contributed by atoms with Crippen molar-refractivity contribution in [1.82, 2.24) is 9.71 Å². The van der Waals surface area contributed by atoms with Gasteiger partial charge >= 0.3 is 0 Å². The van der Waals surface area contributed by atoms with Gasteiger partial charge in [0.25, 0.3) is 5.91 Å². The predicted molar refractivity (Wildman–Crippen MR) is 81.9 cm³/mol. The Balaban J connectivity index is 1.84. The van der Waals surface area contributed by atoms with E-state index in [-0.39, 0.29) is 17.3 Å². The number of rotatable bonds is 5. The number of pyridine rings is 1. The highest BCUT2D eigenvalue weighted by Crippen LogP contribution is 2.24. The average molecular weight is 353 g/mol. The Morgan fingerprint density at radius 1 is 1.17 bits per heavy atom. The summed E-state index contributed by atoms with van der Waals surface area (Å²) in [6.45, 7) is 0. The SMILES string of the molecule is O=C(Nc1ccc(F)nc1)c1ccc(F)c(S(=O)(=O)NC2CC2)c1. The maximum absolute atomic E-state index is 13.9. The van der Waals surface area contributed by atoms with Crippen LogP contribution >= 0.6 is 0 Å². The molecule has 0 bridgehead atoms. The fourth-order valence-corrected chi connectivity index (χ4v) is 3.40. The molecule has 0 aliphatic heterocycles. The second-order valence-electron chi connectivity index (χ2n) is 5.36. The van der Waals surface area contributed by atoms with Gasteiger partial charge in [-0.05, 0) is 43.2 Å². The lowest BCUT2D eigenvalue weighted by Crippen LogP contribution is -2.27. The number of sulfonamides is 1. The average Bonchev–Trinajstić information content (AvgIpc) is 3.33. The number of aromatic nitrogens is 1. The molecule has 1 amide bonds. The highest BCUT2D eigenvalue weighted by Gasteiger charge is 2.30. The molecule has 1 aliphatic rings. The van der Waals surface area contributed by atoms with Gasteiger partial charge < -0.3 is 5.32 Å². The van der Waals surface area contributed by atoms with Crippen molar-refractivity contribution >= 4 is 21.6 Å². The molecule has 9 heteroatoms. The second kappa shape index (κ2) is 6.25. The lowest BCUT2D eigenvalue weighted by molar-refractivity contribution is 0.102. The maximum Gasteiger partial charge on any atom is 0.255 e. The summed E-state index contributed by atoms with van der Waals surface area (Å²) in [6.07, 6.45) is 2.53. The van der Waals surface area contributed by atoms with Gasteiger partial charge in [-0.15, -0.1) is 0 Å². The number of benzene rings is 1. The molecule has 3 rings (SSSR count). The number of nitrogens with one attached hydrogen (secondary N) is 2. The predicted octanol–water partition coefficient (Wildman–Crippen LogP) is 2.05. The highest BCUT2D eigenvalue weighted by molar-refractivity contribution is 7.89. The van der Waals surface area contributed by atoms with Crippen LogP contribution in [0.5, 0.6) is 0 Å². The van der Waals surface area contributed by atoms with E-state index >= 15 is 0 Å². The van der Waals surface area contributed by atoms with Crippen molar-refractivity contribution in [3.05, 3.63) is 53.9 Å². The van der Waals surface area contributed by atoms with Crippen molar-refractivity contribution in [2.24, 2.45) is 0 Å². The van der Waals surface area contributed by atoms with Crippen LogP contribution in [-0.4, -0.2) is 25.4 Å². The number of nitrogens with zero attached hydrogens (tertiary/aromatic N) is 1. The van der Waals surface area contributed by atoms with E-state index in [1.54, 1.807) is 0 Å². The van der Waals surface area contributed by atoms with Gasteiger partial charge in [-0.3, -0.25) is 4.79 Å². The Morgan fingerprint density at radius 2 is 1.92 bits per heavy atom. The first-order valence-electron chi connectivity index (χ1n) is 7.10. The van der Waals surface area contributed by atoms with Gasteiger partial charge in [0.2, 0.25) is 16.0 Å². The number of carbonyl (C=O) groups excluding carboxylic acids is 1. The third-order valence-electron chi connectivity index (χ3n) is 3.37. The van der Waals surface area contributed by atoms with Crippen molar-refractivity contribution in [1.29, 1.82) is 0 Å². The minimum atomic E-state index is -4.03. The van der Waals surface area contributed by atoms with Crippen molar-refractivity contribution in [3.63, 3.8) is 0 Å². The van der Waals surface area contributed by atoms with Crippen LogP contribution in [0.15, 0.2) is 41.4 Å². The summed E-state index contributed by atoms with van der Waals surface area (Å²) in [7, 11) is -4.03. The van der Waals surface area contributed by atoms with Gasteiger partial charge in [-0.1, -0.05) is 0 Å². The zero-order valence-electron chi connectivity index (χ0n) is 12.3. The normalized spacial score (nSPS) is 14.4. The summed E-state index contributed by atoms with van der Waals surface area (Å²) < 4.78 is 53.3. The molecule has 1 fully saturated rings. The van der Waals surface area contributed by atoms with Gasteiger partial charge in [-0.2, -0.15) is 4.39 Å². The molecule has 24 heavy (non-hydrogen) atoms. The summed E-state index contributed by atoms with van der Waals surface area (Å²) in [6, 6.07) is 5.23. The van der Waals surface area contributed by atoms with Crippen molar-refractivity contribution < 1.29 is 22.0 Å². The monoisotopic (exact) mass is 353 g/mol. The smallest absolute Gasteiger partial charge is 0.255 e. The minimum absolute atomic E-state index is 0.0445. The summed E-state index contributed by atoms with van der Waals surface area (Å²) in [5.74, 6) is -2.30. The van der Waals surface area contributed by atoms with Crippen LogP contribution in [0.1, 0.15) is 23.2 Å². The summed E-state index contributed by atoms with van der Waals surface area (Å²) in [4.78, 5) is 15.0. The van der Waals surface area contributed by atoms with E-state index < -0.39 is 32.6 Å². The fourth-order valence-electron chi connectivity index (χ4n) is 1.99. The standard InChI is InChI=1S/C15H13F2N3O3S/c16-12-5-1-9(7-13(12)24(22,23)20-10-2-3-10)15(21)19-11-4-6-14(17)18-8-11/h1,4-8,10,20H,2-3H2,(H,19,21). The summed E-state index contributed by atoms with van der Waals surface area (Å²) in [5, 5.41) is 2.43. The van der Waals surface area contributed by atoms with Crippen LogP contribution in [0.25, 0.3) is 0 Å². The molecule has 0 radical (unpaired) electrons. The van der Waals surface area contributed by atoms with Gasteiger partial charge in [0.1, 0.15) is 10.7 Å². The third kappa shape index (κ3) is 3.74. The van der Waals surface area contributed by atoms with Crippen LogP contribution in [0.4, 0.5) is 14.5 Å². The van der Waals surface area contributed by atoms with Gasteiger partial charge in [0.05, 0.1) is 11.9 Å². The third-order valence-corrected chi connectivity index (χ3v) is 4.90. The minimum Gasteiger partial charge on any atom is -0.321 e. The molecule has 6 nitrogen and oxygen atoms in total. The van der Waals surface area contributed by atoms with E-state index in [1.807, 2.05) is 0 Å². The Bertz CT molecular complexity index is 881. The Kier molecular flexibility index (Phi) is 4.29. The van der Waals surface area contributed by atoms with Crippen LogP contribution in [-0.2, 0) is 10.0 Å². The maximum atomic E-state index is 13.9. The molecule has 1 aromatic carbocycles. The van der Waals surface area contributed by atoms with Gasteiger partial charge in [0.15, 0.2) is 0 Å². The first-order chi connectivity index (χ1) is 11.3. The first kappa shape index (κ1) is 16.5. The Labute approximate surface area is 137 Å². The highest BCUT2D eigenvalue weighted by atomic mass is 32.2. The van der Waals surface area contributed by atoms with Crippen molar-refractivity contribution in [3.8, 4) is 0 Å². The van der Waals surface area contributed by atoms with Crippen molar-refractivity contribution in [2.75, 3.05) is 5.32 Å². The molecule has 0 unspecified atom stereocenters. The topological polar surface area (TPSA) is 88.2 Å². The molecule has 2 N–H and O–H groups in total. The first-order valence-corrected chi connectivity index (χ1v) is 8.58. The van der Waals surface area contributed by atoms with Crippen LogP contribution in [0.2, 0.25) is 0 Å². The zero-order valence-corrected chi connectivity index (χ0v) is 13.1. The van der Waals surface area contributed by atoms with E-state index in [0.717, 1.165) is 30.5 Å². The molecular formula is C15H13F2N3O3S. The van der Waals surface area contributed by atoms with E-state index in [4.69, 9.17) is 0 Å². The number of hydrogen-bond acceptors (Lipinski definition) is 4. The van der Waals surface area contributed by atoms with Gasteiger partial charge in [-0.25, -0.2) is 22.5 Å². The molecule has 126 valence electrons. The lowest BCUT2D eigenvalue weighted by atomic mass is 10.2. The molecule has 1 heterocycles. The van der Waals surface area contributed by atoms with Gasteiger partial charge in [0, 0.05) is 11.6 Å². The lowest BCUT2D eigenvalue weighted by Gasteiger charge is -2.09. The molecule has 1 saturated carbocycles. The summed E-state index contributed by atoms with van der Waals surface area (Å²) in [5.41, 5.74) is 0.183. The molecule has 0 saturated heterocycles. The van der Waals surface area contributed by atoms with Crippen LogP contribution < -0.4 is 10.0 Å². The quantitative estimate of drug-likeness (QED) is 0.806. The number of hydrogen-bond donors (Lipinski definition) is 2. The van der Waals surface area contributed by atoms with Crippen LogP contribution in [0, 0.1) is 11.8 Å². The van der Waals surface area contributed by atoms with Crippen molar-refractivity contribution in [2.45, 2.75) is 23.8 Å². The molecular weight excluding hydrogens is 340 g/mol. The Hall–Kier alpha value is -2.39. The molecule has 0 atom stereocenters. The fraction of sp³-hybridized carbons (Fsp3) is 0.200. The zero-order chi connectivity index (χ0) is 17.3. The van der Waals surface area contributed by atoms with E-state index in [2.05, 4.69) is 15.0 Å². The van der Waals surface area contributed by atoms with E-state index in [0.29, 0.717) is 12.8 Å². The molecule has 2 aromatic rings. The number of anilines is 1. The number of amides is 1. The molecule has 0 spiro atoms. The van der Waals surface area contributed by atoms with E-state index in [9.17, 15) is 22.0 Å². The summed E-state index contributed by atoms with van der Waals surface area (Å²) >= 11 is 0. The Morgan fingerprint density at radius 3 is 2.54 bits per heavy atom. The van der Waals surface area contributed by atoms with Crippen LogP contribution in [0.3, 0.4) is 0 Å². The number of carbonyl (C=O) groups is 1. The second-order valence-corrected chi connectivity index (χ2v) is 7.05. The largest absolute Gasteiger partial charge is 0.321 e. The van der Waals surface area contributed by atoms with E-state index in [1.165, 1.54) is 6.07 Å². The number of halogens is 2. The molecule has 1 aromatic heterocycles.